The molecule has 1 fully saturated rings. The highest BCUT2D eigenvalue weighted by molar-refractivity contribution is 4.77. The molecule has 0 spiro atoms. The van der Waals surface area contributed by atoms with E-state index in [9.17, 15) is 5.11 Å². The molecule has 0 aromatic carbocycles. The van der Waals surface area contributed by atoms with Gasteiger partial charge in [-0.2, -0.15) is 0 Å². The molecular weight excluding hydrogens is 166 g/mol. The van der Waals surface area contributed by atoms with Gasteiger partial charge in [0.2, 0.25) is 0 Å². The molecule has 0 saturated carbocycles. The van der Waals surface area contributed by atoms with Crippen LogP contribution in [-0.4, -0.2) is 37.5 Å². The van der Waals surface area contributed by atoms with Gasteiger partial charge in [-0.15, -0.1) is 0 Å². The van der Waals surface area contributed by atoms with Gasteiger partial charge < -0.3 is 15.2 Å². The van der Waals surface area contributed by atoms with Crippen LogP contribution in [0.2, 0.25) is 0 Å². The summed E-state index contributed by atoms with van der Waals surface area (Å²) in [5.41, 5.74) is 0. The molecule has 0 aromatic rings. The average Bonchev–Trinajstić information content (AvgIpc) is 2.21. The van der Waals surface area contributed by atoms with E-state index in [1.165, 1.54) is 6.42 Å². The van der Waals surface area contributed by atoms with Crippen molar-refractivity contribution in [2.75, 3.05) is 26.4 Å². The number of aliphatic hydroxyl groups excluding tert-OH is 1. The molecule has 2 unspecified atom stereocenters. The van der Waals surface area contributed by atoms with Crippen LogP contribution in [0.1, 0.15) is 26.2 Å². The van der Waals surface area contributed by atoms with Gasteiger partial charge >= 0.3 is 0 Å². The highest BCUT2D eigenvalue weighted by Crippen LogP contribution is 2.17. The first kappa shape index (κ1) is 11.0. The normalized spacial score (nSPS) is 25.8. The van der Waals surface area contributed by atoms with Gasteiger partial charge in [0.15, 0.2) is 0 Å². The predicted octanol–water partition coefficient (Wildman–Crippen LogP) is 0.773. The van der Waals surface area contributed by atoms with Crippen molar-refractivity contribution in [1.29, 1.82) is 0 Å². The van der Waals surface area contributed by atoms with Crippen molar-refractivity contribution in [3.8, 4) is 0 Å². The van der Waals surface area contributed by atoms with Gasteiger partial charge in [-0.05, 0) is 31.7 Å². The molecule has 1 aliphatic heterocycles. The standard InChI is InChI=1S/C10H21NO2/c1-2-5-11-10(7-12)9-4-3-6-13-8-9/h9-12H,2-8H2,1H3. The molecule has 3 heteroatoms. The first-order chi connectivity index (χ1) is 6.38. The lowest BCUT2D eigenvalue weighted by Crippen LogP contribution is -2.43. The lowest BCUT2D eigenvalue weighted by atomic mass is 9.94. The van der Waals surface area contributed by atoms with Crippen LogP contribution in [0.3, 0.4) is 0 Å². The van der Waals surface area contributed by atoms with E-state index in [0.717, 1.165) is 32.6 Å². The van der Waals surface area contributed by atoms with Crippen molar-refractivity contribution in [3.05, 3.63) is 0 Å². The Labute approximate surface area is 80.5 Å². The number of hydrogen-bond donors (Lipinski definition) is 2. The predicted molar refractivity (Wildman–Crippen MR) is 52.7 cm³/mol. The van der Waals surface area contributed by atoms with Crippen molar-refractivity contribution in [2.45, 2.75) is 32.2 Å². The fraction of sp³-hybridized carbons (Fsp3) is 1.00. The molecule has 0 radical (unpaired) electrons. The third-order valence-corrected chi connectivity index (χ3v) is 2.62. The number of hydrogen-bond acceptors (Lipinski definition) is 3. The van der Waals surface area contributed by atoms with E-state index >= 15 is 0 Å². The number of rotatable bonds is 5. The van der Waals surface area contributed by atoms with Crippen LogP contribution in [0.15, 0.2) is 0 Å². The summed E-state index contributed by atoms with van der Waals surface area (Å²) in [6.45, 7) is 5.05. The van der Waals surface area contributed by atoms with Crippen LogP contribution in [0.5, 0.6) is 0 Å². The SMILES string of the molecule is CCCNC(CO)C1CCCOC1. The molecule has 3 nitrogen and oxygen atoms in total. The van der Waals surface area contributed by atoms with Crippen LogP contribution in [0.4, 0.5) is 0 Å². The first-order valence-electron chi connectivity index (χ1n) is 5.30. The summed E-state index contributed by atoms with van der Waals surface area (Å²) >= 11 is 0. The molecule has 78 valence electrons. The molecular formula is C10H21NO2. The van der Waals surface area contributed by atoms with Gasteiger partial charge in [0.25, 0.3) is 0 Å². The van der Waals surface area contributed by atoms with Crippen LogP contribution >= 0.6 is 0 Å². The summed E-state index contributed by atoms with van der Waals surface area (Å²) in [5.74, 6) is 0.505. The number of aliphatic hydroxyl groups is 1. The zero-order valence-electron chi connectivity index (χ0n) is 8.46. The van der Waals surface area contributed by atoms with Gasteiger partial charge in [0, 0.05) is 12.6 Å². The van der Waals surface area contributed by atoms with E-state index in [0.29, 0.717) is 5.92 Å². The molecule has 1 saturated heterocycles. The van der Waals surface area contributed by atoms with Crippen molar-refractivity contribution < 1.29 is 9.84 Å². The Morgan fingerprint density at radius 1 is 1.62 bits per heavy atom. The minimum absolute atomic E-state index is 0.230. The monoisotopic (exact) mass is 187 g/mol. The molecule has 1 rings (SSSR count). The maximum absolute atomic E-state index is 9.19. The Bertz CT molecular complexity index is 124. The van der Waals surface area contributed by atoms with Gasteiger partial charge in [0.05, 0.1) is 13.2 Å². The van der Waals surface area contributed by atoms with Crippen LogP contribution in [-0.2, 0) is 4.74 Å². The average molecular weight is 187 g/mol. The maximum Gasteiger partial charge on any atom is 0.0588 e. The molecule has 2 N–H and O–H groups in total. The van der Waals surface area contributed by atoms with E-state index in [1.54, 1.807) is 0 Å². The second kappa shape index (κ2) is 6.35. The fourth-order valence-electron chi connectivity index (χ4n) is 1.79. The summed E-state index contributed by atoms with van der Waals surface area (Å²) in [5, 5.41) is 12.5. The van der Waals surface area contributed by atoms with E-state index < -0.39 is 0 Å². The van der Waals surface area contributed by atoms with E-state index in [4.69, 9.17) is 4.74 Å². The molecule has 0 amide bonds. The Kier molecular flexibility index (Phi) is 5.35. The van der Waals surface area contributed by atoms with Crippen molar-refractivity contribution >= 4 is 0 Å². The molecule has 1 heterocycles. The van der Waals surface area contributed by atoms with Gasteiger partial charge in [0.1, 0.15) is 0 Å². The van der Waals surface area contributed by atoms with E-state index in [-0.39, 0.29) is 12.6 Å². The van der Waals surface area contributed by atoms with Crippen LogP contribution in [0, 0.1) is 5.92 Å². The smallest absolute Gasteiger partial charge is 0.0588 e. The summed E-state index contributed by atoms with van der Waals surface area (Å²) in [4.78, 5) is 0. The number of ether oxygens (including phenoxy) is 1. The Morgan fingerprint density at radius 3 is 3.00 bits per heavy atom. The van der Waals surface area contributed by atoms with Crippen molar-refractivity contribution in [2.24, 2.45) is 5.92 Å². The van der Waals surface area contributed by atoms with Crippen molar-refractivity contribution in [3.63, 3.8) is 0 Å². The fourth-order valence-corrected chi connectivity index (χ4v) is 1.79. The second-order valence-corrected chi connectivity index (χ2v) is 3.72. The van der Waals surface area contributed by atoms with Crippen molar-refractivity contribution in [1.82, 2.24) is 5.32 Å². The molecule has 2 atom stereocenters. The maximum atomic E-state index is 9.19. The topological polar surface area (TPSA) is 41.5 Å². The summed E-state index contributed by atoms with van der Waals surface area (Å²) in [7, 11) is 0. The minimum Gasteiger partial charge on any atom is -0.395 e. The lowest BCUT2D eigenvalue weighted by molar-refractivity contribution is 0.0284. The summed E-state index contributed by atoms with van der Waals surface area (Å²) in [6, 6.07) is 0.236. The highest BCUT2D eigenvalue weighted by atomic mass is 16.5. The van der Waals surface area contributed by atoms with Gasteiger partial charge in [-0.25, -0.2) is 0 Å². The third-order valence-electron chi connectivity index (χ3n) is 2.62. The molecule has 0 aliphatic carbocycles. The molecule has 0 bridgehead atoms. The lowest BCUT2D eigenvalue weighted by Gasteiger charge is -2.29. The summed E-state index contributed by atoms with van der Waals surface area (Å²) in [6.07, 6.45) is 3.43. The van der Waals surface area contributed by atoms with Gasteiger partial charge in [-0.1, -0.05) is 6.92 Å². The number of nitrogens with one attached hydrogen (secondary N) is 1. The second-order valence-electron chi connectivity index (χ2n) is 3.72. The highest BCUT2D eigenvalue weighted by Gasteiger charge is 2.22. The van der Waals surface area contributed by atoms with E-state index in [1.807, 2.05) is 0 Å². The zero-order chi connectivity index (χ0) is 9.52. The third kappa shape index (κ3) is 3.63. The van der Waals surface area contributed by atoms with Crippen LogP contribution < -0.4 is 5.32 Å². The molecule has 13 heavy (non-hydrogen) atoms. The Morgan fingerprint density at radius 2 is 2.46 bits per heavy atom. The zero-order valence-corrected chi connectivity index (χ0v) is 8.46. The summed E-state index contributed by atoms with van der Waals surface area (Å²) < 4.78 is 5.39. The Balaban J connectivity index is 2.26. The largest absolute Gasteiger partial charge is 0.395 e. The van der Waals surface area contributed by atoms with Crippen LogP contribution in [0.25, 0.3) is 0 Å². The van der Waals surface area contributed by atoms with Gasteiger partial charge in [-0.3, -0.25) is 0 Å². The molecule has 0 aromatic heterocycles. The first-order valence-corrected chi connectivity index (χ1v) is 5.30. The Hall–Kier alpha value is -0.120. The van der Waals surface area contributed by atoms with E-state index in [2.05, 4.69) is 12.2 Å². The minimum atomic E-state index is 0.230. The molecule has 1 aliphatic rings. The quantitative estimate of drug-likeness (QED) is 0.668.